The van der Waals surface area contributed by atoms with Gasteiger partial charge in [0, 0.05) is 21.0 Å². The van der Waals surface area contributed by atoms with Crippen molar-refractivity contribution in [3.63, 3.8) is 0 Å². The predicted octanol–water partition coefficient (Wildman–Crippen LogP) is 4.37. The number of hydrogen-bond donors (Lipinski definition) is 1. The first kappa shape index (κ1) is 15.1. The van der Waals surface area contributed by atoms with Gasteiger partial charge in [-0.2, -0.15) is 5.26 Å². The van der Waals surface area contributed by atoms with Crippen molar-refractivity contribution >= 4 is 11.8 Å². The van der Waals surface area contributed by atoms with Crippen LogP contribution in [0.3, 0.4) is 0 Å². The molecule has 0 saturated carbocycles. The van der Waals surface area contributed by atoms with Crippen molar-refractivity contribution in [3.8, 4) is 17.2 Å². The highest BCUT2D eigenvalue weighted by molar-refractivity contribution is 7.99. The van der Waals surface area contributed by atoms with Gasteiger partial charge in [-0.1, -0.05) is 48.2 Å². The fourth-order valence-electron chi connectivity index (χ4n) is 2.41. The number of nitrogens with one attached hydrogen (secondary N) is 1. The number of aromatic nitrogens is 1. The summed E-state index contributed by atoms with van der Waals surface area (Å²) in [5, 5.41) is 9.36. The Labute approximate surface area is 138 Å². The molecular formula is C19H14N2OS. The van der Waals surface area contributed by atoms with Crippen LogP contribution in [0.5, 0.6) is 0 Å². The average molecular weight is 318 g/mol. The zero-order valence-electron chi connectivity index (χ0n) is 12.5. The van der Waals surface area contributed by atoms with E-state index in [2.05, 4.69) is 4.98 Å². The lowest BCUT2D eigenvalue weighted by Gasteiger charge is -2.11. The van der Waals surface area contributed by atoms with Crippen LogP contribution in [0, 0.1) is 18.3 Å². The van der Waals surface area contributed by atoms with Gasteiger partial charge in [-0.25, -0.2) is 0 Å². The first-order valence-corrected chi connectivity index (χ1v) is 7.97. The molecule has 1 heterocycles. The largest absolute Gasteiger partial charge is 0.325 e. The highest BCUT2D eigenvalue weighted by Crippen LogP contribution is 2.36. The van der Waals surface area contributed by atoms with Gasteiger partial charge in [-0.3, -0.25) is 4.79 Å². The van der Waals surface area contributed by atoms with Gasteiger partial charge in [0.2, 0.25) is 0 Å². The highest BCUT2D eigenvalue weighted by Gasteiger charge is 2.14. The summed E-state index contributed by atoms with van der Waals surface area (Å²) < 4.78 is 0. The number of aromatic amines is 1. The molecule has 1 aromatic heterocycles. The first-order chi connectivity index (χ1) is 11.2. The standard InChI is InChI=1S/C19H14N2OS/c1-13-11-16(17(12-20)19(22)21-13)15-9-5-6-10-18(15)23-14-7-3-2-4-8-14/h2-11H,1H3,(H,21,22). The zero-order chi connectivity index (χ0) is 16.2. The molecule has 0 amide bonds. The molecule has 0 saturated heterocycles. The van der Waals surface area contributed by atoms with Crippen LogP contribution in [-0.2, 0) is 0 Å². The van der Waals surface area contributed by atoms with Crippen LogP contribution in [0.25, 0.3) is 11.1 Å². The summed E-state index contributed by atoms with van der Waals surface area (Å²) in [6, 6.07) is 21.7. The molecule has 4 heteroatoms. The van der Waals surface area contributed by atoms with Crippen molar-refractivity contribution in [1.29, 1.82) is 5.26 Å². The molecule has 2 aromatic carbocycles. The van der Waals surface area contributed by atoms with E-state index in [0.29, 0.717) is 5.56 Å². The number of benzene rings is 2. The lowest BCUT2D eigenvalue weighted by molar-refractivity contribution is 1.13. The van der Waals surface area contributed by atoms with Crippen LogP contribution in [0.2, 0.25) is 0 Å². The van der Waals surface area contributed by atoms with E-state index < -0.39 is 0 Å². The Morgan fingerprint density at radius 3 is 2.43 bits per heavy atom. The quantitative estimate of drug-likeness (QED) is 0.780. The highest BCUT2D eigenvalue weighted by atomic mass is 32.2. The minimum Gasteiger partial charge on any atom is -0.325 e. The number of nitriles is 1. The SMILES string of the molecule is Cc1cc(-c2ccccc2Sc2ccccc2)c(C#N)c(=O)[nH]1. The van der Waals surface area contributed by atoms with E-state index in [1.807, 2.05) is 73.7 Å². The molecule has 0 bridgehead atoms. The molecule has 0 aliphatic rings. The molecule has 0 atom stereocenters. The van der Waals surface area contributed by atoms with E-state index in [-0.39, 0.29) is 11.1 Å². The number of aryl methyl sites for hydroxylation is 1. The van der Waals surface area contributed by atoms with E-state index in [1.54, 1.807) is 11.8 Å². The lowest BCUT2D eigenvalue weighted by atomic mass is 10.0. The summed E-state index contributed by atoms with van der Waals surface area (Å²) in [6.07, 6.45) is 0. The molecular weight excluding hydrogens is 304 g/mol. The smallest absolute Gasteiger partial charge is 0.266 e. The zero-order valence-corrected chi connectivity index (χ0v) is 13.4. The molecule has 0 radical (unpaired) electrons. The average Bonchev–Trinajstić information content (AvgIpc) is 2.56. The van der Waals surface area contributed by atoms with E-state index in [4.69, 9.17) is 0 Å². The van der Waals surface area contributed by atoms with Gasteiger partial charge in [0.05, 0.1) is 0 Å². The molecule has 0 spiro atoms. The lowest BCUT2D eigenvalue weighted by Crippen LogP contribution is -2.12. The maximum absolute atomic E-state index is 12.0. The number of rotatable bonds is 3. The summed E-state index contributed by atoms with van der Waals surface area (Å²) in [6.45, 7) is 1.82. The van der Waals surface area contributed by atoms with Gasteiger partial charge in [-0.15, -0.1) is 0 Å². The maximum Gasteiger partial charge on any atom is 0.266 e. The Kier molecular flexibility index (Phi) is 4.31. The van der Waals surface area contributed by atoms with Crippen molar-refractivity contribution in [1.82, 2.24) is 4.98 Å². The van der Waals surface area contributed by atoms with Crippen LogP contribution in [0.1, 0.15) is 11.3 Å². The predicted molar refractivity (Wildman–Crippen MR) is 92.5 cm³/mol. The summed E-state index contributed by atoms with van der Waals surface area (Å²) >= 11 is 1.62. The summed E-state index contributed by atoms with van der Waals surface area (Å²) in [5.41, 5.74) is 2.11. The third-order valence-corrected chi connectivity index (χ3v) is 4.51. The van der Waals surface area contributed by atoms with E-state index in [0.717, 1.165) is 21.0 Å². The molecule has 3 nitrogen and oxygen atoms in total. The molecule has 3 rings (SSSR count). The second-order valence-electron chi connectivity index (χ2n) is 5.09. The minimum atomic E-state index is -0.345. The van der Waals surface area contributed by atoms with Crippen LogP contribution >= 0.6 is 11.8 Å². The molecule has 0 fully saturated rings. The van der Waals surface area contributed by atoms with Gasteiger partial charge >= 0.3 is 0 Å². The first-order valence-electron chi connectivity index (χ1n) is 7.15. The molecule has 112 valence electrons. The maximum atomic E-state index is 12.0. The normalized spacial score (nSPS) is 10.3. The summed E-state index contributed by atoms with van der Waals surface area (Å²) in [5.74, 6) is 0. The molecule has 3 aromatic rings. The third kappa shape index (κ3) is 3.20. The Balaban J connectivity index is 2.16. The van der Waals surface area contributed by atoms with Crippen LogP contribution < -0.4 is 5.56 Å². The van der Waals surface area contributed by atoms with E-state index in [9.17, 15) is 10.1 Å². The number of nitrogens with zero attached hydrogens (tertiary/aromatic N) is 1. The number of pyridine rings is 1. The second kappa shape index (κ2) is 6.55. The molecule has 0 aliphatic heterocycles. The Morgan fingerprint density at radius 2 is 1.70 bits per heavy atom. The Hall–Kier alpha value is -2.77. The van der Waals surface area contributed by atoms with Gasteiger partial charge < -0.3 is 4.98 Å². The van der Waals surface area contributed by atoms with Crippen molar-refractivity contribution in [3.05, 3.63) is 82.3 Å². The van der Waals surface area contributed by atoms with Crippen LogP contribution in [-0.4, -0.2) is 4.98 Å². The topological polar surface area (TPSA) is 56.6 Å². The fraction of sp³-hybridized carbons (Fsp3) is 0.0526. The van der Waals surface area contributed by atoms with E-state index >= 15 is 0 Å². The molecule has 0 unspecified atom stereocenters. The fourth-order valence-corrected chi connectivity index (χ4v) is 3.39. The van der Waals surface area contributed by atoms with Crippen molar-refractivity contribution in [2.24, 2.45) is 0 Å². The van der Waals surface area contributed by atoms with Gasteiger partial charge in [0.15, 0.2) is 0 Å². The van der Waals surface area contributed by atoms with Crippen LogP contribution in [0.15, 0.2) is 75.2 Å². The van der Waals surface area contributed by atoms with Crippen molar-refractivity contribution < 1.29 is 0 Å². The molecule has 0 aliphatic carbocycles. The summed E-state index contributed by atoms with van der Waals surface area (Å²) in [7, 11) is 0. The molecule has 1 N–H and O–H groups in total. The summed E-state index contributed by atoms with van der Waals surface area (Å²) in [4.78, 5) is 16.9. The van der Waals surface area contributed by atoms with Crippen LogP contribution in [0.4, 0.5) is 0 Å². The third-order valence-electron chi connectivity index (χ3n) is 3.43. The minimum absolute atomic E-state index is 0.150. The second-order valence-corrected chi connectivity index (χ2v) is 6.21. The monoisotopic (exact) mass is 318 g/mol. The Morgan fingerprint density at radius 1 is 1.00 bits per heavy atom. The number of hydrogen-bond acceptors (Lipinski definition) is 3. The molecule has 23 heavy (non-hydrogen) atoms. The number of H-pyrrole nitrogens is 1. The van der Waals surface area contributed by atoms with Crippen molar-refractivity contribution in [2.75, 3.05) is 0 Å². The van der Waals surface area contributed by atoms with Crippen molar-refractivity contribution in [2.45, 2.75) is 16.7 Å². The van der Waals surface area contributed by atoms with Gasteiger partial charge in [0.25, 0.3) is 5.56 Å². The van der Waals surface area contributed by atoms with Gasteiger partial charge in [-0.05, 0) is 36.8 Å². The van der Waals surface area contributed by atoms with Gasteiger partial charge in [0.1, 0.15) is 11.6 Å². The van der Waals surface area contributed by atoms with E-state index in [1.165, 1.54) is 0 Å². The Bertz CT molecular complexity index is 940.